The Labute approximate surface area is 190 Å². The minimum Gasteiger partial charge on any atom is -0.497 e. The number of aliphatic imine (C=N–C) groups is 1. The molecule has 158 valence electrons. The van der Waals surface area contributed by atoms with Gasteiger partial charge in [0.1, 0.15) is 17.2 Å². The SMILES string of the molecule is CN=C(NCCc1ccc2c(c1)CCO2)NC(C)c1cc(OC)ccc1OC.I. The predicted octanol–water partition coefficient (Wildman–Crippen LogP) is 3.73. The molecule has 1 aliphatic rings. The van der Waals surface area contributed by atoms with Crippen LogP contribution in [0.1, 0.15) is 29.7 Å². The molecule has 0 fully saturated rings. The summed E-state index contributed by atoms with van der Waals surface area (Å²) < 4.78 is 16.4. The fraction of sp³-hybridized carbons (Fsp3) is 0.409. The molecule has 2 aromatic carbocycles. The van der Waals surface area contributed by atoms with Gasteiger partial charge in [0.05, 0.1) is 26.9 Å². The van der Waals surface area contributed by atoms with Crippen LogP contribution in [0.3, 0.4) is 0 Å². The molecule has 1 atom stereocenters. The maximum absolute atomic E-state index is 5.57. The summed E-state index contributed by atoms with van der Waals surface area (Å²) >= 11 is 0. The lowest BCUT2D eigenvalue weighted by molar-refractivity contribution is 0.357. The number of hydrogen-bond acceptors (Lipinski definition) is 4. The summed E-state index contributed by atoms with van der Waals surface area (Å²) in [4.78, 5) is 4.34. The third-order valence-electron chi connectivity index (χ3n) is 4.94. The van der Waals surface area contributed by atoms with Gasteiger partial charge >= 0.3 is 0 Å². The molecule has 1 unspecified atom stereocenters. The van der Waals surface area contributed by atoms with Gasteiger partial charge in [0.15, 0.2) is 5.96 Å². The van der Waals surface area contributed by atoms with Crippen molar-refractivity contribution < 1.29 is 14.2 Å². The Balaban J connectivity index is 0.00000300. The van der Waals surface area contributed by atoms with Crippen molar-refractivity contribution in [2.45, 2.75) is 25.8 Å². The highest BCUT2D eigenvalue weighted by Gasteiger charge is 2.15. The third-order valence-corrected chi connectivity index (χ3v) is 4.94. The van der Waals surface area contributed by atoms with Crippen LogP contribution in [-0.4, -0.2) is 40.4 Å². The number of rotatable bonds is 7. The lowest BCUT2D eigenvalue weighted by Gasteiger charge is -2.21. The summed E-state index contributed by atoms with van der Waals surface area (Å²) in [5, 5.41) is 6.81. The first-order valence-corrected chi connectivity index (χ1v) is 9.58. The van der Waals surface area contributed by atoms with Gasteiger partial charge in [-0.2, -0.15) is 0 Å². The smallest absolute Gasteiger partial charge is 0.191 e. The summed E-state index contributed by atoms with van der Waals surface area (Å²) in [6.45, 7) is 3.66. The number of nitrogens with one attached hydrogen (secondary N) is 2. The van der Waals surface area contributed by atoms with Gasteiger partial charge in [0.2, 0.25) is 0 Å². The van der Waals surface area contributed by atoms with Crippen molar-refractivity contribution in [3.8, 4) is 17.2 Å². The van der Waals surface area contributed by atoms with Crippen LogP contribution in [0.25, 0.3) is 0 Å². The summed E-state index contributed by atoms with van der Waals surface area (Å²) in [5.74, 6) is 3.39. The Bertz CT molecular complexity index is 842. The molecule has 0 radical (unpaired) electrons. The number of fused-ring (bicyclic) bond motifs is 1. The van der Waals surface area contributed by atoms with Gasteiger partial charge in [-0.05, 0) is 48.7 Å². The molecule has 29 heavy (non-hydrogen) atoms. The molecule has 0 saturated heterocycles. The second-order valence-electron chi connectivity index (χ2n) is 6.76. The monoisotopic (exact) mass is 511 g/mol. The maximum atomic E-state index is 5.57. The molecular formula is C22H30IN3O3. The number of guanidine groups is 1. The zero-order valence-corrected chi connectivity index (χ0v) is 19.8. The molecule has 1 aliphatic heterocycles. The van der Waals surface area contributed by atoms with E-state index >= 15 is 0 Å². The van der Waals surface area contributed by atoms with Crippen LogP contribution in [0.4, 0.5) is 0 Å². The third kappa shape index (κ3) is 5.91. The van der Waals surface area contributed by atoms with Crippen molar-refractivity contribution in [1.82, 2.24) is 10.6 Å². The number of halogens is 1. The van der Waals surface area contributed by atoms with E-state index in [1.807, 2.05) is 18.2 Å². The number of hydrogen-bond donors (Lipinski definition) is 2. The zero-order chi connectivity index (χ0) is 19.9. The highest BCUT2D eigenvalue weighted by Crippen LogP contribution is 2.29. The van der Waals surface area contributed by atoms with E-state index in [1.54, 1.807) is 21.3 Å². The fourth-order valence-corrected chi connectivity index (χ4v) is 3.38. The molecule has 3 rings (SSSR count). The number of methoxy groups -OCH3 is 2. The Morgan fingerprint density at radius 1 is 1.17 bits per heavy atom. The second-order valence-corrected chi connectivity index (χ2v) is 6.76. The highest BCUT2D eigenvalue weighted by atomic mass is 127. The minimum atomic E-state index is 0. The number of benzene rings is 2. The molecule has 0 saturated carbocycles. The lowest BCUT2D eigenvalue weighted by atomic mass is 10.1. The Kier molecular flexibility index (Phi) is 8.88. The van der Waals surface area contributed by atoms with Crippen LogP contribution in [-0.2, 0) is 12.8 Å². The first kappa shape index (κ1) is 23.1. The van der Waals surface area contributed by atoms with E-state index in [0.717, 1.165) is 54.8 Å². The molecule has 0 bridgehead atoms. The number of ether oxygens (including phenoxy) is 3. The largest absolute Gasteiger partial charge is 0.497 e. The van der Waals surface area contributed by atoms with Crippen molar-refractivity contribution in [1.29, 1.82) is 0 Å². The van der Waals surface area contributed by atoms with Gasteiger partial charge in [-0.25, -0.2) is 0 Å². The topological polar surface area (TPSA) is 64.1 Å². The zero-order valence-electron chi connectivity index (χ0n) is 17.5. The summed E-state index contributed by atoms with van der Waals surface area (Å²) in [6.07, 6.45) is 1.92. The van der Waals surface area contributed by atoms with Crippen LogP contribution in [0.5, 0.6) is 17.2 Å². The molecule has 0 aromatic heterocycles. The maximum Gasteiger partial charge on any atom is 0.191 e. The molecule has 2 N–H and O–H groups in total. The van der Waals surface area contributed by atoms with E-state index in [2.05, 4.69) is 40.7 Å². The van der Waals surface area contributed by atoms with Crippen LogP contribution < -0.4 is 24.8 Å². The van der Waals surface area contributed by atoms with Gasteiger partial charge in [-0.1, -0.05) is 12.1 Å². The normalized spacial score (nSPS) is 13.6. The van der Waals surface area contributed by atoms with E-state index in [-0.39, 0.29) is 30.0 Å². The molecule has 1 heterocycles. The second kappa shape index (κ2) is 11.1. The predicted molar refractivity (Wildman–Crippen MR) is 127 cm³/mol. The Morgan fingerprint density at radius 2 is 2.00 bits per heavy atom. The summed E-state index contributed by atoms with van der Waals surface area (Å²) in [5.41, 5.74) is 3.62. The first-order valence-electron chi connectivity index (χ1n) is 9.58. The van der Waals surface area contributed by atoms with Crippen molar-refractivity contribution in [2.24, 2.45) is 4.99 Å². The average Bonchev–Trinajstić information content (AvgIpc) is 3.20. The first-order chi connectivity index (χ1) is 13.6. The van der Waals surface area contributed by atoms with Gasteiger partial charge < -0.3 is 24.8 Å². The van der Waals surface area contributed by atoms with Gasteiger partial charge in [0, 0.05) is 25.6 Å². The van der Waals surface area contributed by atoms with Crippen LogP contribution in [0.15, 0.2) is 41.4 Å². The van der Waals surface area contributed by atoms with E-state index < -0.39 is 0 Å². The highest BCUT2D eigenvalue weighted by molar-refractivity contribution is 14.0. The average molecular weight is 511 g/mol. The molecule has 7 heteroatoms. The van der Waals surface area contributed by atoms with Crippen LogP contribution in [0.2, 0.25) is 0 Å². The van der Waals surface area contributed by atoms with Gasteiger partial charge in [0.25, 0.3) is 0 Å². The minimum absolute atomic E-state index is 0. The van der Waals surface area contributed by atoms with Crippen LogP contribution >= 0.6 is 24.0 Å². The molecule has 2 aromatic rings. The van der Waals surface area contributed by atoms with Crippen LogP contribution in [0, 0.1) is 0 Å². The van der Waals surface area contributed by atoms with Crippen molar-refractivity contribution in [2.75, 3.05) is 34.4 Å². The van der Waals surface area contributed by atoms with E-state index in [1.165, 1.54) is 11.1 Å². The quantitative estimate of drug-likeness (QED) is 0.337. The standard InChI is InChI=1S/C22H29N3O3.HI/c1-15(19-14-18(26-3)6-8-21(19)27-4)25-22(23-2)24-11-9-16-5-7-20-17(13-16)10-12-28-20;/h5-8,13-15H,9-12H2,1-4H3,(H2,23,24,25);1H. The Hall–Kier alpha value is -2.16. The Morgan fingerprint density at radius 3 is 2.72 bits per heavy atom. The number of nitrogens with zero attached hydrogens (tertiary/aromatic N) is 1. The van der Waals surface area contributed by atoms with E-state index in [9.17, 15) is 0 Å². The van der Waals surface area contributed by atoms with E-state index in [0.29, 0.717) is 0 Å². The van der Waals surface area contributed by atoms with Crippen molar-refractivity contribution in [3.63, 3.8) is 0 Å². The fourth-order valence-electron chi connectivity index (χ4n) is 3.38. The lowest BCUT2D eigenvalue weighted by Crippen LogP contribution is -2.39. The molecule has 0 spiro atoms. The summed E-state index contributed by atoms with van der Waals surface area (Å²) in [7, 11) is 5.11. The van der Waals surface area contributed by atoms with Crippen molar-refractivity contribution >= 4 is 29.9 Å². The molecule has 0 amide bonds. The van der Waals surface area contributed by atoms with Gasteiger partial charge in [-0.15, -0.1) is 24.0 Å². The van der Waals surface area contributed by atoms with Crippen molar-refractivity contribution in [3.05, 3.63) is 53.1 Å². The van der Waals surface area contributed by atoms with E-state index in [4.69, 9.17) is 14.2 Å². The molecular weight excluding hydrogens is 481 g/mol. The van der Waals surface area contributed by atoms with Gasteiger partial charge in [-0.3, -0.25) is 4.99 Å². The molecule has 0 aliphatic carbocycles. The summed E-state index contributed by atoms with van der Waals surface area (Å²) in [6, 6.07) is 12.2. The molecule has 6 nitrogen and oxygen atoms in total.